The summed E-state index contributed by atoms with van der Waals surface area (Å²) in [5.74, 6) is 0.381. The van der Waals surface area contributed by atoms with Crippen LogP contribution in [0.2, 0.25) is 0 Å². The summed E-state index contributed by atoms with van der Waals surface area (Å²) in [6, 6.07) is 25.2. The van der Waals surface area contributed by atoms with Crippen LogP contribution in [-0.4, -0.2) is 29.7 Å². The van der Waals surface area contributed by atoms with Crippen LogP contribution in [0, 0.1) is 0 Å². The number of anilines is 2. The molecule has 0 spiro atoms. The Kier molecular flexibility index (Phi) is 8.26. The van der Waals surface area contributed by atoms with Gasteiger partial charge in [-0.3, -0.25) is 19.3 Å². The van der Waals surface area contributed by atoms with Gasteiger partial charge in [-0.25, -0.2) is 0 Å². The molecule has 41 heavy (non-hydrogen) atoms. The average Bonchev–Trinajstić information content (AvgIpc) is 3.57. The van der Waals surface area contributed by atoms with E-state index >= 15 is 0 Å². The van der Waals surface area contributed by atoms with Crippen LogP contribution in [0.4, 0.5) is 11.4 Å². The number of hydrogen-bond acceptors (Lipinski definition) is 7. The Hall–Kier alpha value is -4.76. The first-order valence-electron chi connectivity index (χ1n) is 13.1. The molecule has 0 saturated heterocycles. The van der Waals surface area contributed by atoms with E-state index in [-0.39, 0.29) is 23.1 Å². The average molecular weight is 568 g/mol. The minimum Gasteiger partial charge on any atom is -0.497 e. The zero-order valence-electron chi connectivity index (χ0n) is 22.8. The zero-order chi connectivity index (χ0) is 28.9. The highest BCUT2D eigenvalue weighted by molar-refractivity contribution is 8.04. The van der Waals surface area contributed by atoms with E-state index in [0.29, 0.717) is 39.3 Å². The van der Waals surface area contributed by atoms with Crippen LogP contribution >= 0.6 is 11.8 Å². The molecule has 2 N–H and O–H groups in total. The lowest BCUT2D eigenvalue weighted by Crippen LogP contribution is -2.31. The predicted molar refractivity (Wildman–Crippen MR) is 159 cm³/mol. The molecule has 4 aromatic rings. The van der Waals surface area contributed by atoms with Crippen molar-refractivity contribution in [3.63, 3.8) is 0 Å². The quantitative estimate of drug-likeness (QED) is 0.207. The van der Waals surface area contributed by atoms with Gasteiger partial charge in [0, 0.05) is 21.8 Å². The second-order valence-electron chi connectivity index (χ2n) is 9.69. The lowest BCUT2D eigenvalue weighted by Gasteiger charge is -2.14. The van der Waals surface area contributed by atoms with Crippen LogP contribution in [0.1, 0.15) is 41.4 Å². The number of thioether (sulfide) groups is 1. The number of ether oxygens (including phenoxy) is 1. The molecule has 3 amide bonds. The first-order chi connectivity index (χ1) is 19.8. The number of amides is 3. The fraction of sp³-hybridized carbons (Fsp3) is 0.156. The molecule has 0 bridgehead atoms. The molecule has 0 unspecified atom stereocenters. The summed E-state index contributed by atoms with van der Waals surface area (Å²) in [5, 5.41) is 6.07. The summed E-state index contributed by atoms with van der Waals surface area (Å²) in [6.45, 7) is 4.24. The molecule has 2 heterocycles. The third-order valence-electron chi connectivity index (χ3n) is 6.53. The van der Waals surface area contributed by atoms with Crippen molar-refractivity contribution in [1.29, 1.82) is 0 Å². The second kappa shape index (κ2) is 12.2. The van der Waals surface area contributed by atoms with Gasteiger partial charge in [-0.2, -0.15) is 0 Å². The van der Waals surface area contributed by atoms with E-state index < -0.39 is 11.8 Å². The van der Waals surface area contributed by atoms with Crippen LogP contribution in [0.3, 0.4) is 0 Å². The minimum atomic E-state index is -0.439. The molecule has 8 nitrogen and oxygen atoms in total. The molecule has 9 heteroatoms. The lowest BCUT2D eigenvalue weighted by molar-refractivity contribution is -0.138. The first-order valence-corrected chi connectivity index (χ1v) is 13.9. The molecule has 5 rings (SSSR count). The van der Waals surface area contributed by atoms with Gasteiger partial charge >= 0.3 is 0 Å². The van der Waals surface area contributed by atoms with Crippen LogP contribution in [0.5, 0.6) is 5.75 Å². The number of carbonyl (C=O) groups excluding carboxylic acids is 3. The van der Waals surface area contributed by atoms with Crippen molar-refractivity contribution >= 4 is 40.9 Å². The Bertz CT molecular complexity index is 1590. The largest absolute Gasteiger partial charge is 0.497 e. The van der Waals surface area contributed by atoms with Gasteiger partial charge in [-0.1, -0.05) is 43.8 Å². The smallest absolute Gasteiger partial charge is 0.278 e. The first kappa shape index (κ1) is 27.8. The predicted octanol–water partition coefficient (Wildman–Crippen LogP) is 6.65. The number of hydrogen-bond donors (Lipinski definition) is 2. The maximum atomic E-state index is 13.6. The number of methoxy groups -OCH3 is 1. The molecule has 208 valence electrons. The van der Waals surface area contributed by atoms with Crippen molar-refractivity contribution in [1.82, 2.24) is 4.90 Å². The Morgan fingerprint density at radius 2 is 1.68 bits per heavy atom. The summed E-state index contributed by atoms with van der Waals surface area (Å²) in [5.41, 5.74) is 3.09. The number of imide groups is 1. The van der Waals surface area contributed by atoms with Gasteiger partial charge in [0.25, 0.3) is 17.7 Å². The second-order valence-corrected chi connectivity index (χ2v) is 10.8. The summed E-state index contributed by atoms with van der Waals surface area (Å²) in [4.78, 5) is 42.0. The van der Waals surface area contributed by atoms with Gasteiger partial charge in [0.1, 0.15) is 22.1 Å². The van der Waals surface area contributed by atoms with Crippen molar-refractivity contribution in [2.75, 3.05) is 17.7 Å². The third-order valence-corrected chi connectivity index (χ3v) is 7.60. The molecule has 0 radical (unpaired) electrons. The van der Waals surface area contributed by atoms with Crippen LogP contribution in [-0.2, 0) is 16.1 Å². The molecule has 0 fully saturated rings. The molecule has 3 aromatic carbocycles. The topological polar surface area (TPSA) is 101 Å². The van der Waals surface area contributed by atoms with Gasteiger partial charge < -0.3 is 19.8 Å². The fourth-order valence-corrected chi connectivity index (χ4v) is 5.26. The van der Waals surface area contributed by atoms with Crippen molar-refractivity contribution in [2.45, 2.75) is 31.2 Å². The maximum absolute atomic E-state index is 13.6. The molecule has 0 aliphatic carbocycles. The van der Waals surface area contributed by atoms with Crippen molar-refractivity contribution in [3.05, 3.63) is 119 Å². The van der Waals surface area contributed by atoms with E-state index in [9.17, 15) is 14.4 Å². The standard InChI is InChI=1S/C32H29N3O5S/c1-20(2)21-9-13-23(14-10-21)33-28-29(32(38)35(31(28)37)19-26-7-5-17-40-26)41-27-8-4-6-24(18-27)34-30(36)22-11-15-25(39-3)16-12-22/h4-18,20,33H,19H2,1-3H3,(H,34,36). The van der Waals surface area contributed by atoms with Crippen LogP contribution < -0.4 is 15.4 Å². The van der Waals surface area contributed by atoms with E-state index in [1.165, 1.54) is 16.7 Å². The van der Waals surface area contributed by atoms with Gasteiger partial charge in [0.15, 0.2) is 0 Å². The highest BCUT2D eigenvalue weighted by Gasteiger charge is 2.39. The highest BCUT2D eigenvalue weighted by Crippen LogP contribution is 2.37. The molecule has 1 aromatic heterocycles. The third kappa shape index (κ3) is 6.36. The summed E-state index contributed by atoms with van der Waals surface area (Å²) >= 11 is 1.16. The highest BCUT2D eigenvalue weighted by atomic mass is 32.2. The molecule has 0 saturated carbocycles. The summed E-state index contributed by atoms with van der Waals surface area (Å²) in [7, 11) is 1.57. The Morgan fingerprint density at radius 3 is 2.34 bits per heavy atom. The van der Waals surface area contributed by atoms with E-state index in [1.807, 2.05) is 30.3 Å². The number of carbonyl (C=O) groups is 3. The number of rotatable bonds is 10. The van der Waals surface area contributed by atoms with Crippen LogP contribution in [0.15, 0.2) is 111 Å². The van der Waals surface area contributed by atoms with Gasteiger partial charge in [-0.15, -0.1) is 0 Å². The van der Waals surface area contributed by atoms with E-state index in [1.54, 1.807) is 61.7 Å². The molecule has 1 aliphatic rings. The van der Waals surface area contributed by atoms with E-state index in [2.05, 4.69) is 24.5 Å². The zero-order valence-corrected chi connectivity index (χ0v) is 23.7. The van der Waals surface area contributed by atoms with Gasteiger partial charge in [-0.05, 0) is 78.2 Å². The van der Waals surface area contributed by atoms with Crippen molar-refractivity contribution in [3.8, 4) is 5.75 Å². The normalized spacial score (nSPS) is 13.2. The van der Waals surface area contributed by atoms with Gasteiger partial charge in [0.05, 0.1) is 19.9 Å². The number of nitrogens with zero attached hydrogens (tertiary/aromatic N) is 1. The molecular weight excluding hydrogens is 538 g/mol. The fourth-order valence-electron chi connectivity index (χ4n) is 4.26. The maximum Gasteiger partial charge on any atom is 0.278 e. The minimum absolute atomic E-state index is 0.0180. The Morgan fingerprint density at radius 1 is 0.927 bits per heavy atom. The monoisotopic (exact) mass is 567 g/mol. The van der Waals surface area contributed by atoms with E-state index in [0.717, 1.165) is 11.8 Å². The molecule has 1 aliphatic heterocycles. The Balaban J connectivity index is 1.40. The molecule has 0 atom stereocenters. The lowest BCUT2D eigenvalue weighted by atomic mass is 10.0. The van der Waals surface area contributed by atoms with Crippen LogP contribution in [0.25, 0.3) is 0 Å². The Labute approximate surface area is 242 Å². The number of benzene rings is 3. The molecular formula is C32H29N3O5S. The van der Waals surface area contributed by atoms with Gasteiger partial charge in [0.2, 0.25) is 0 Å². The summed E-state index contributed by atoms with van der Waals surface area (Å²) < 4.78 is 10.6. The number of furan rings is 1. The SMILES string of the molecule is COc1ccc(C(=O)Nc2cccc(SC3=C(Nc4ccc(C(C)C)cc4)C(=O)N(Cc4ccco4)C3=O)c2)cc1. The van der Waals surface area contributed by atoms with Crippen molar-refractivity contribution < 1.29 is 23.5 Å². The van der Waals surface area contributed by atoms with Crippen molar-refractivity contribution in [2.24, 2.45) is 0 Å². The summed E-state index contributed by atoms with van der Waals surface area (Å²) in [6.07, 6.45) is 1.50. The van der Waals surface area contributed by atoms with E-state index in [4.69, 9.17) is 9.15 Å². The number of nitrogens with one attached hydrogen (secondary N) is 2.